The van der Waals surface area contributed by atoms with Crippen molar-refractivity contribution in [3.63, 3.8) is 0 Å². The molecule has 3 aliphatic rings. The molecule has 1 aliphatic carbocycles. The normalized spacial score (nSPS) is 21.3. The van der Waals surface area contributed by atoms with Gasteiger partial charge < -0.3 is 40.9 Å². The van der Waals surface area contributed by atoms with Gasteiger partial charge in [-0.1, -0.05) is 93.3 Å². The first kappa shape index (κ1) is 49.6. The zero-order valence-corrected chi connectivity index (χ0v) is 38.7. The highest BCUT2D eigenvalue weighted by molar-refractivity contribution is 7.89. The lowest BCUT2D eigenvalue weighted by Crippen LogP contribution is -2.58. The van der Waals surface area contributed by atoms with Gasteiger partial charge in [-0.15, -0.1) is 0 Å². The van der Waals surface area contributed by atoms with E-state index in [-0.39, 0.29) is 62.1 Å². The molecule has 1 saturated heterocycles. The molecule has 66 heavy (non-hydrogen) atoms. The summed E-state index contributed by atoms with van der Waals surface area (Å²) in [6.45, 7) is 1.18. The number of ether oxygens (including phenoxy) is 1. The predicted octanol–water partition coefficient (Wildman–Crippen LogP) is 2.44. The van der Waals surface area contributed by atoms with Gasteiger partial charge in [0.1, 0.15) is 23.9 Å². The maximum Gasteiger partial charge on any atom is 0.251 e. The monoisotopic (exact) mass is 929 g/mol. The molecule has 3 aromatic carbocycles. The Kier molecular flexibility index (Phi) is 17.3. The number of hydrogen-bond donors (Lipinski definition) is 5. The lowest BCUT2D eigenvalue weighted by atomic mass is 9.83. The van der Waals surface area contributed by atoms with Crippen molar-refractivity contribution in [2.45, 2.75) is 112 Å². The van der Waals surface area contributed by atoms with E-state index in [1.165, 1.54) is 26.2 Å². The Balaban J connectivity index is 1.26. The maximum atomic E-state index is 15.1. The summed E-state index contributed by atoms with van der Waals surface area (Å²) >= 11 is 0. The van der Waals surface area contributed by atoms with Gasteiger partial charge in [0.2, 0.25) is 39.6 Å². The number of hydrogen-bond acceptors (Lipinski definition) is 10. The van der Waals surface area contributed by atoms with Gasteiger partial charge in [0.15, 0.2) is 6.10 Å². The van der Waals surface area contributed by atoms with Gasteiger partial charge in [0.25, 0.3) is 5.91 Å². The molecule has 4 bridgehead atoms. The lowest BCUT2D eigenvalue weighted by Gasteiger charge is -2.35. The van der Waals surface area contributed by atoms with E-state index >= 15 is 4.79 Å². The quantitative estimate of drug-likeness (QED) is 0.159. The van der Waals surface area contributed by atoms with Gasteiger partial charge in [0.05, 0.1) is 30.5 Å². The fraction of sp³-hybridized carbons (Fsp3) is 0.500. The van der Waals surface area contributed by atoms with E-state index in [9.17, 15) is 37.5 Å². The third kappa shape index (κ3) is 12.5. The van der Waals surface area contributed by atoms with Gasteiger partial charge in [-0.25, -0.2) is 8.42 Å². The van der Waals surface area contributed by atoms with Gasteiger partial charge in [-0.3, -0.25) is 28.8 Å². The fourth-order valence-electron chi connectivity index (χ4n) is 9.09. The van der Waals surface area contributed by atoms with Crippen LogP contribution in [0, 0.1) is 5.92 Å². The molecule has 2 fully saturated rings. The molecule has 1 saturated carbocycles. The Morgan fingerprint density at radius 2 is 1.61 bits per heavy atom. The lowest BCUT2D eigenvalue weighted by molar-refractivity contribution is -0.144. The van der Waals surface area contributed by atoms with E-state index in [1.807, 2.05) is 0 Å². The number of carbonyl (C=O) groups is 6. The molecule has 0 radical (unpaired) electrons. The molecule has 2 aliphatic heterocycles. The minimum atomic E-state index is -4.19. The van der Waals surface area contributed by atoms with Crippen molar-refractivity contribution in [3.8, 4) is 5.75 Å². The number of rotatable bonds is 14. The van der Waals surface area contributed by atoms with Gasteiger partial charge in [-0.2, -0.15) is 4.31 Å². The van der Waals surface area contributed by atoms with Crippen molar-refractivity contribution in [2.75, 3.05) is 40.3 Å². The Morgan fingerprint density at radius 1 is 0.909 bits per heavy atom. The summed E-state index contributed by atoms with van der Waals surface area (Å²) in [5.41, 5.74) is 1.20. The number of nitrogens with zero attached hydrogens (tertiary/aromatic N) is 3. The molecule has 6 amide bonds. The summed E-state index contributed by atoms with van der Waals surface area (Å²) in [4.78, 5) is 85.8. The largest absolute Gasteiger partial charge is 0.494 e. The molecule has 0 spiro atoms. The minimum Gasteiger partial charge on any atom is -0.494 e. The van der Waals surface area contributed by atoms with Crippen molar-refractivity contribution in [2.24, 2.45) is 5.92 Å². The third-order valence-electron chi connectivity index (χ3n) is 12.5. The molecular formula is C48H63N7O10S. The van der Waals surface area contributed by atoms with Gasteiger partial charge in [0, 0.05) is 33.2 Å². The van der Waals surface area contributed by atoms with Crippen LogP contribution >= 0.6 is 0 Å². The van der Waals surface area contributed by atoms with Crippen LogP contribution in [-0.4, -0.2) is 134 Å². The Bertz CT molecular complexity index is 2280. The summed E-state index contributed by atoms with van der Waals surface area (Å²) < 4.78 is 36.4. The van der Waals surface area contributed by atoms with Crippen LogP contribution in [0.5, 0.6) is 5.75 Å². The molecule has 18 heteroatoms. The second kappa shape index (κ2) is 23.1. The van der Waals surface area contributed by atoms with Crippen molar-refractivity contribution < 1.29 is 47.0 Å². The van der Waals surface area contributed by atoms with Crippen molar-refractivity contribution in [1.29, 1.82) is 0 Å². The number of likely N-dealkylation sites (N-methyl/N-ethyl adjacent to an activating group) is 1. The third-order valence-corrected chi connectivity index (χ3v) is 14.5. The standard InChI is InChI=1S/C48H63N7O10S/c1-4-16-38(44(58)46(60)49-30-41(57)52-42(47(61)53(2)3)33-18-8-5-9-19-33)50-45(59)39-29-35-31-54(39)48(62)43(34-20-10-6-11-21-34)51-40(56)28-32-17-14-22-36(27-32)65-26-15-25-55(35)66(63,64)37-23-12-7-13-24-37/h5,7-9,12-14,17-19,22-24,27,34-35,38-39,42-44,58H,4,6,10-11,15-16,20-21,25-26,28-31H2,1-3H3,(H,49,60)(H,50,59)(H,51,56)(H,52,57)/t35-,38?,39+,42+,43+,44?/m1/s1. The Morgan fingerprint density at radius 3 is 2.29 bits per heavy atom. The molecule has 6 rings (SSSR count). The maximum absolute atomic E-state index is 15.1. The second-order valence-corrected chi connectivity index (χ2v) is 19.4. The van der Waals surface area contributed by atoms with E-state index in [0.29, 0.717) is 36.1 Å². The molecule has 5 N–H and O–H groups in total. The Hall–Kier alpha value is -5.85. The number of aliphatic hydroxyl groups excluding tert-OH is 1. The van der Waals surface area contributed by atoms with Crippen LogP contribution in [0.25, 0.3) is 0 Å². The van der Waals surface area contributed by atoms with Crippen molar-refractivity contribution in [3.05, 3.63) is 96.1 Å². The van der Waals surface area contributed by atoms with E-state index in [1.54, 1.807) is 93.8 Å². The van der Waals surface area contributed by atoms with E-state index in [4.69, 9.17) is 4.74 Å². The molecule has 356 valence electrons. The van der Waals surface area contributed by atoms with Crippen LogP contribution in [0.15, 0.2) is 89.8 Å². The number of amides is 6. The summed E-state index contributed by atoms with van der Waals surface area (Å²) in [7, 11) is -1.08. The molecule has 6 atom stereocenters. The molecule has 17 nitrogen and oxygen atoms in total. The molecule has 2 unspecified atom stereocenters. The highest BCUT2D eigenvalue weighted by atomic mass is 32.2. The van der Waals surface area contributed by atoms with Crippen LogP contribution in [0.4, 0.5) is 0 Å². The minimum absolute atomic E-state index is 0.00106. The fourth-order valence-corrected chi connectivity index (χ4v) is 10.8. The zero-order chi connectivity index (χ0) is 47.4. The number of carbonyl (C=O) groups excluding carboxylic acids is 6. The summed E-state index contributed by atoms with van der Waals surface area (Å²) in [5.74, 6) is -3.40. The number of aliphatic hydroxyl groups is 1. The topological polar surface area (TPSA) is 224 Å². The average molecular weight is 930 g/mol. The SMILES string of the molecule is CCCC(NC(=O)[C@@H]1C[C@@H]2CN1C(=O)[C@H](C1CCCCC1)NC(=O)Cc1cccc(c1)OCCCN2S(=O)(=O)c1ccccc1)C(O)C(=O)NCC(=O)N[C@H](C(=O)N(C)C)c1ccccc1. The first-order valence-corrected chi connectivity index (χ1v) is 24.3. The van der Waals surface area contributed by atoms with Gasteiger partial charge >= 0.3 is 0 Å². The molecule has 0 aromatic heterocycles. The van der Waals surface area contributed by atoms with E-state index in [0.717, 1.165) is 19.3 Å². The molecule has 2 heterocycles. The Labute approximate surface area is 387 Å². The van der Waals surface area contributed by atoms with E-state index in [2.05, 4.69) is 21.3 Å². The van der Waals surface area contributed by atoms with Crippen molar-refractivity contribution in [1.82, 2.24) is 35.4 Å². The first-order chi connectivity index (χ1) is 31.7. The van der Waals surface area contributed by atoms with Gasteiger partial charge in [-0.05, 0) is 73.4 Å². The number of fused-ring (bicyclic) bond motifs is 4. The summed E-state index contributed by atoms with van der Waals surface area (Å²) in [6.07, 6.45) is 2.83. The number of sulfonamides is 1. The predicted molar refractivity (Wildman–Crippen MR) is 245 cm³/mol. The summed E-state index contributed by atoms with van der Waals surface area (Å²) in [5, 5.41) is 22.3. The number of nitrogens with one attached hydrogen (secondary N) is 4. The van der Waals surface area contributed by atoms with Crippen LogP contribution in [-0.2, 0) is 45.2 Å². The first-order valence-electron chi connectivity index (χ1n) is 22.9. The molecular weight excluding hydrogens is 867 g/mol. The summed E-state index contributed by atoms with van der Waals surface area (Å²) in [6, 6.07) is 18.2. The van der Waals surface area contributed by atoms with Crippen LogP contribution in [0.2, 0.25) is 0 Å². The second-order valence-electron chi connectivity index (χ2n) is 17.5. The highest BCUT2D eigenvalue weighted by Gasteiger charge is 2.48. The average Bonchev–Trinajstić information content (AvgIpc) is 3.76. The highest BCUT2D eigenvalue weighted by Crippen LogP contribution is 2.33. The van der Waals surface area contributed by atoms with E-state index < -0.39 is 82.4 Å². The van der Waals surface area contributed by atoms with Crippen LogP contribution < -0.4 is 26.0 Å². The van der Waals surface area contributed by atoms with Crippen molar-refractivity contribution >= 4 is 45.5 Å². The molecule has 3 aromatic rings. The zero-order valence-electron chi connectivity index (χ0n) is 37.9. The van der Waals surface area contributed by atoms with Crippen LogP contribution in [0.3, 0.4) is 0 Å². The van der Waals surface area contributed by atoms with Crippen LogP contribution in [0.1, 0.15) is 81.9 Å². The number of benzene rings is 3. The smallest absolute Gasteiger partial charge is 0.251 e.